The Hall–Kier alpha value is -3.97. The molecule has 0 radical (unpaired) electrons. The number of fused-ring (bicyclic) bond motifs is 2. The van der Waals surface area contributed by atoms with Crippen LogP contribution in [0.25, 0.3) is 10.2 Å². The summed E-state index contributed by atoms with van der Waals surface area (Å²) in [6.07, 6.45) is 1.70. The number of hydrogen-bond donors (Lipinski definition) is 0. The minimum atomic E-state index is -3.93. The summed E-state index contributed by atoms with van der Waals surface area (Å²) in [4.78, 5) is 17.6. The van der Waals surface area contributed by atoms with Crippen LogP contribution >= 0.6 is 11.3 Å². The third kappa shape index (κ3) is 5.02. The first kappa shape index (κ1) is 25.1. The van der Waals surface area contributed by atoms with Crippen molar-refractivity contribution in [2.75, 3.05) is 19.9 Å². The number of amides is 1. The van der Waals surface area contributed by atoms with E-state index in [0.717, 1.165) is 14.5 Å². The summed E-state index contributed by atoms with van der Waals surface area (Å²) < 4.78 is 40.7. The van der Waals surface area contributed by atoms with E-state index in [0.29, 0.717) is 22.8 Å². The molecule has 1 aliphatic heterocycles. The topological polar surface area (TPSA) is 138 Å². The number of benzene rings is 2. The van der Waals surface area contributed by atoms with Crippen molar-refractivity contribution in [1.29, 1.82) is 10.5 Å². The van der Waals surface area contributed by atoms with Gasteiger partial charge in [0.15, 0.2) is 16.3 Å². The van der Waals surface area contributed by atoms with Crippen molar-refractivity contribution < 1.29 is 22.7 Å². The third-order valence-corrected chi connectivity index (χ3v) is 8.33. The maximum atomic E-state index is 13.0. The van der Waals surface area contributed by atoms with Crippen LogP contribution in [0.2, 0.25) is 0 Å². The standard InChI is InChI=1S/C24H21N5O5S2/c1-2-11-29-19-14-20-21(34-16-33-20)15-22(19)35-24(29)27-23(30)17-5-7-18(8-6-17)36(31,32)28(12-3-9-25)13-4-10-26/h2,5-8,14-15H,1,3-4,11-13,16H2. The van der Waals surface area contributed by atoms with Gasteiger partial charge in [-0.2, -0.15) is 19.8 Å². The van der Waals surface area contributed by atoms with Crippen molar-refractivity contribution in [2.24, 2.45) is 4.99 Å². The molecule has 36 heavy (non-hydrogen) atoms. The van der Waals surface area contributed by atoms with Crippen LogP contribution in [0.5, 0.6) is 11.5 Å². The van der Waals surface area contributed by atoms with Crippen LogP contribution in [0.15, 0.2) is 58.9 Å². The normalized spacial score (nSPS) is 13.0. The van der Waals surface area contributed by atoms with Crippen molar-refractivity contribution in [3.05, 3.63) is 59.4 Å². The van der Waals surface area contributed by atoms with E-state index in [1.165, 1.54) is 35.6 Å². The van der Waals surface area contributed by atoms with Crippen molar-refractivity contribution >= 4 is 37.5 Å². The fraction of sp³-hybridized carbons (Fsp3) is 0.250. The van der Waals surface area contributed by atoms with Gasteiger partial charge in [-0.05, 0) is 24.3 Å². The number of carbonyl (C=O) groups excluding carboxylic acids is 1. The van der Waals surface area contributed by atoms with E-state index in [4.69, 9.17) is 20.0 Å². The zero-order valence-corrected chi connectivity index (χ0v) is 20.7. The maximum Gasteiger partial charge on any atom is 0.279 e. The second-order valence-electron chi connectivity index (χ2n) is 7.62. The quantitative estimate of drug-likeness (QED) is 0.393. The summed E-state index contributed by atoms with van der Waals surface area (Å²) in [5.41, 5.74) is 1.04. The van der Waals surface area contributed by atoms with Crippen LogP contribution in [-0.2, 0) is 16.6 Å². The largest absolute Gasteiger partial charge is 0.454 e. The number of nitrogens with zero attached hydrogens (tertiary/aromatic N) is 5. The Morgan fingerprint density at radius 2 is 1.78 bits per heavy atom. The fourth-order valence-corrected chi connectivity index (χ4v) is 6.11. The van der Waals surface area contributed by atoms with Crippen molar-refractivity contribution in [1.82, 2.24) is 8.87 Å². The monoisotopic (exact) mass is 523 g/mol. The summed E-state index contributed by atoms with van der Waals surface area (Å²) in [6.45, 7) is 4.31. The Morgan fingerprint density at radius 1 is 1.14 bits per heavy atom. The molecule has 0 aliphatic carbocycles. The number of thiazole rings is 1. The molecule has 0 saturated carbocycles. The molecule has 12 heteroatoms. The molecular formula is C24H21N5O5S2. The number of allylic oxidation sites excluding steroid dienone is 1. The van der Waals surface area contributed by atoms with E-state index in [9.17, 15) is 13.2 Å². The summed E-state index contributed by atoms with van der Waals surface area (Å²) in [5, 5.41) is 17.7. The molecule has 1 aromatic heterocycles. The molecule has 2 aromatic carbocycles. The van der Waals surface area contributed by atoms with Gasteiger partial charge in [-0.25, -0.2) is 8.42 Å². The maximum absolute atomic E-state index is 13.0. The highest BCUT2D eigenvalue weighted by molar-refractivity contribution is 7.89. The summed E-state index contributed by atoms with van der Waals surface area (Å²) >= 11 is 1.32. The van der Waals surface area contributed by atoms with Gasteiger partial charge in [0.25, 0.3) is 5.91 Å². The zero-order valence-electron chi connectivity index (χ0n) is 19.1. The minimum absolute atomic E-state index is 0.00121. The molecule has 0 fully saturated rings. The molecule has 0 atom stereocenters. The van der Waals surface area contributed by atoms with Crippen LogP contribution in [0.3, 0.4) is 0 Å². The molecule has 0 spiro atoms. The summed E-state index contributed by atoms with van der Waals surface area (Å²) in [5.74, 6) is 0.711. The molecule has 1 amide bonds. The Kier molecular flexibility index (Phi) is 7.50. The number of rotatable bonds is 9. The number of nitriles is 2. The van der Waals surface area contributed by atoms with Gasteiger partial charge >= 0.3 is 0 Å². The second-order valence-corrected chi connectivity index (χ2v) is 10.6. The van der Waals surface area contributed by atoms with Gasteiger partial charge in [-0.1, -0.05) is 17.4 Å². The highest BCUT2D eigenvalue weighted by Gasteiger charge is 2.24. The molecular weight excluding hydrogens is 502 g/mol. The van der Waals surface area contributed by atoms with Gasteiger partial charge in [0, 0.05) is 50.2 Å². The molecule has 184 valence electrons. The number of ether oxygens (including phenoxy) is 2. The lowest BCUT2D eigenvalue weighted by Crippen LogP contribution is -2.32. The number of sulfonamides is 1. The molecule has 0 unspecified atom stereocenters. The van der Waals surface area contributed by atoms with Gasteiger partial charge in [0.2, 0.25) is 16.8 Å². The summed E-state index contributed by atoms with van der Waals surface area (Å²) in [7, 11) is -3.93. The van der Waals surface area contributed by atoms with Gasteiger partial charge in [0.1, 0.15) is 0 Å². The third-order valence-electron chi connectivity index (χ3n) is 5.37. The first-order valence-electron chi connectivity index (χ1n) is 10.9. The molecule has 10 nitrogen and oxygen atoms in total. The first-order chi connectivity index (χ1) is 17.4. The Bertz CT molecular complexity index is 1560. The Labute approximate surface area is 211 Å². The predicted octanol–water partition coefficient (Wildman–Crippen LogP) is 3.18. The van der Waals surface area contributed by atoms with Gasteiger partial charge in [-0.15, -0.1) is 6.58 Å². The smallest absolute Gasteiger partial charge is 0.279 e. The second kappa shape index (κ2) is 10.7. The van der Waals surface area contributed by atoms with Crippen LogP contribution in [-0.4, -0.2) is 43.1 Å². The lowest BCUT2D eigenvalue weighted by molar-refractivity contribution is 0.0997. The Balaban J connectivity index is 1.64. The van der Waals surface area contributed by atoms with E-state index in [1.807, 2.05) is 28.8 Å². The molecule has 0 saturated heterocycles. The predicted molar refractivity (Wildman–Crippen MR) is 132 cm³/mol. The molecule has 1 aliphatic rings. The van der Waals surface area contributed by atoms with Crippen LogP contribution < -0.4 is 14.3 Å². The lowest BCUT2D eigenvalue weighted by atomic mass is 10.2. The molecule has 4 rings (SSSR count). The van der Waals surface area contributed by atoms with E-state index in [1.54, 1.807) is 6.08 Å². The van der Waals surface area contributed by atoms with Crippen LogP contribution in [0.4, 0.5) is 0 Å². The van der Waals surface area contributed by atoms with Crippen molar-refractivity contribution in [3.8, 4) is 23.6 Å². The molecule has 0 bridgehead atoms. The van der Waals surface area contributed by atoms with Crippen molar-refractivity contribution in [3.63, 3.8) is 0 Å². The lowest BCUT2D eigenvalue weighted by Gasteiger charge is -2.20. The molecule has 3 aromatic rings. The van der Waals surface area contributed by atoms with Crippen LogP contribution in [0, 0.1) is 22.7 Å². The fourth-order valence-electron chi connectivity index (χ4n) is 3.62. The van der Waals surface area contributed by atoms with E-state index in [2.05, 4.69) is 11.6 Å². The molecule has 2 heterocycles. The van der Waals surface area contributed by atoms with Crippen molar-refractivity contribution in [2.45, 2.75) is 24.3 Å². The zero-order chi connectivity index (χ0) is 25.7. The number of hydrogen-bond acceptors (Lipinski definition) is 8. The first-order valence-corrected chi connectivity index (χ1v) is 13.1. The highest BCUT2D eigenvalue weighted by atomic mass is 32.2. The van der Waals surface area contributed by atoms with E-state index < -0.39 is 15.9 Å². The number of aromatic nitrogens is 1. The Morgan fingerprint density at radius 3 is 2.39 bits per heavy atom. The van der Waals surface area contributed by atoms with Gasteiger partial charge in [0.05, 0.1) is 27.3 Å². The minimum Gasteiger partial charge on any atom is -0.454 e. The summed E-state index contributed by atoms with van der Waals surface area (Å²) in [6, 6.07) is 13.0. The average molecular weight is 524 g/mol. The molecule has 0 N–H and O–H groups in total. The SMILES string of the molecule is C=CCn1c(=NC(=O)c2ccc(S(=O)(=O)N(CCC#N)CCC#N)cc2)sc2cc3c(cc21)OCO3. The van der Waals surface area contributed by atoms with Gasteiger partial charge in [-0.3, -0.25) is 4.79 Å². The average Bonchev–Trinajstić information content (AvgIpc) is 3.46. The van der Waals surface area contributed by atoms with Gasteiger partial charge < -0.3 is 14.0 Å². The van der Waals surface area contributed by atoms with E-state index >= 15 is 0 Å². The van der Waals surface area contributed by atoms with E-state index in [-0.39, 0.29) is 43.2 Å². The van der Waals surface area contributed by atoms with Crippen LogP contribution in [0.1, 0.15) is 23.2 Å². The highest BCUT2D eigenvalue weighted by Crippen LogP contribution is 2.37. The number of carbonyl (C=O) groups is 1.